The van der Waals surface area contributed by atoms with Gasteiger partial charge < -0.3 is 29.4 Å². The molecule has 0 radical (unpaired) electrons. The Kier molecular flexibility index (Phi) is 4.68. The standard InChI is InChI=1S/C23H34N6/c1-24(2)16-9-20(26(5)6)18-13-29-15-28(22(18)11-16)14-19-21(27(7)8)10-17(25(3)4)12-23(19)29/h9-12H,13-15H2,1-8H3. The molecule has 0 saturated carbocycles. The van der Waals surface area contributed by atoms with Crippen LogP contribution in [0.1, 0.15) is 11.1 Å². The minimum Gasteiger partial charge on any atom is -0.378 e. The second kappa shape index (κ2) is 6.94. The van der Waals surface area contributed by atoms with E-state index in [-0.39, 0.29) is 0 Å². The Balaban J connectivity index is 1.88. The highest BCUT2D eigenvalue weighted by molar-refractivity contribution is 5.83. The van der Waals surface area contributed by atoms with Gasteiger partial charge >= 0.3 is 0 Å². The van der Waals surface area contributed by atoms with Crippen LogP contribution in [-0.4, -0.2) is 63.1 Å². The predicted molar refractivity (Wildman–Crippen MR) is 127 cm³/mol. The van der Waals surface area contributed by atoms with Crippen molar-refractivity contribution in [2.24, 2.45) is 0 Å². The van der Waals surface area contributed by atoms with E-state index in [1.54, 1.807) is 0 Å². The highest BCUT2D eigenvalue weighted by Gasteiger charge is 2.33. The molecule has 2 bridgehead atoms. The minimum atomic E-state index is 0.934. The highest BCUT2D eigenvalue weighted by Crippen LogP contribution is 2.46. The van der Waals surface area contributed by atoms with Gasteiger partial charge in [-0.15, -0.1) is 0 Å². The van der Waals surface area contributed by atoms with Gasteiger partial charge in [0.05, 0.1) is 6.67 Å². The number of nitrogens with zero attached hydrogens (tertiary/aromatic N) is 6. The molecule has 0 aromatic heterocycles. The first-order valence-electron chi connectivity index (χ1n) is 10.2. The van der Waals surface area contributed by atoms with E-state index in [1.807, 2.05) is 0 Å². The molecule has 0 N–H and O–H groups in total. The van der Waals surface area contributed by atoms with Crippen molar-refractivity contribution in [2.45, 2.75) is 13.1 Å². The van der Waals surface area contributed by atoms with Crippen molar-refractivity contribution in [3.63, 3.8) is 0 Å². The van der Waals surface area contributed by atoms with Gasteiger partial charge in [-0.05, 0) is 24.3 Å². The molecular weight excluding hydrogens is 360 g/mol. The van der Waals surface area contributed by atoms with Crippen molar-refractivity contribution >= 4 is 34.1 Å². The van der Waals surface area contributed by atoms with Crippen LogP contribution in [0.5, 0.6) is 0 Å². The number of rotatable bonds is 4. The zero-order valence-electron chi connectivity index (χ0n) is 19.1. The van der Waals surface area contributed by atoms with E-state index in [9.17, 15) is 0 Å². The van der Waals surface area contributed by atoms with Crippen molar-refractivity contribution in [2.75, 3.05) is 92.4 Å². The van der Waals surface area contributed by atoms with Crippen LogP contribution < -0.4 is 29.4 Å². The fraction of sp³-hybridized carbons (Fsp3) is 0.478. The van der Waals surface area contributed by atoms with Crippen LogP contribution in [0, 0.1) is 0 Å². The molecule has 6 nitrogen and oxygen atoms in total. The van der Waals surface area contributed by atoms with Crippen LogP contribution >= 0.6 is 0 Å². The zero-order valence-corrected chi connectivity index (χ0v) is 19.1. The summed E-state index contributed by atoms with van der Waals surface area (Å²) in [6, 6.07) is 9.33. The highest BCUT2D eigenvalue weighted by atomic mass is 15.4. The molecule has 0 saturated heterocycles. The van der Waals surface area contributed by atoms with Crippen LogP contribution in [-0.2, 0) is 13.1 Å². The molecule has 2 heterocycles. The summed E-state index contributed by atoms with van der Waals surface area (Å²) < 4.78 is 0. The average molecular weight is 395 g/mol. The number of hydrogen-bond acceptors (Lipinski definition) is 6. The van der Waals surface area contributed by atoms with Crippen LogP contribution in [0.4, 0.5) is 34.1 Å². The summed E-state index contributed by atoms with van der Waals surface area (Å²) in [4.78, 5) is 14.0. The van der Waals surface area contributed by atoms with Gasteiger partial charge in [-0.25, -0.2) is 0 Å². The van der Waals surface area contributed by atoms with Gasteiger partial charge in [0.25, 0.3) is 0 Å². The molecule has 2 aliphatic rings. The summed E-state index contributed by atoms with van der Waals surface area (Å²) in [7, 11) is 17.1. The third-order valence-electron chi connectivity index (χ3n) is 6.09. The van der Waals surface area contributed by atoms with E-state index in [0.717, 1.165) is 19.8 Å². The second-order valence-corrected chi connectivity index (χ2v) is 9.04. The van der Waals surface area contributed by atoms with Gasteiger partial charge in [-0.3, -0.25) is 0 Å². The van der Waals surface area contributed by atoms with Crippen LogP contribution in [0.25, 0.3) is 0 Å². The van der Waals surface area contributed by atoms with Gasteiger partial charge in [0.15, 0.2) is 0 Å². The molecule has 0 atom stereocenters. The quantitative estimate of drug-likeness (QED) is 0.787. The number of benzene rings is 2. The molecule has 0 unspecified atom stereocenters. The van der Waals surface area contributed by atoms with E-state index >= 15 is 0 Å². The van der Waals surface area contributed by atoms with E-state index in [1.165, 1.54) is 45.3 Å². The van der Waals surface area contributed by atoms with E-state index in [0.29, 0.717) is 0 Å². The third-order valence-corrected chi connectivity index (χ3v) is 6.09. The molecule has 6 heteroatoms. The maximum atomic E-state index is 2.53. The topological polar surface area (TPSA) is 19.4 Å². The molecule has 0 spiro atoms. The fourth-order valence-corrected chi connectivity index (χ4v) is 4.47. The fourth-order valence-electron chi connectivity index (χ4n) is 4.47. The molecular formula is C23H34N6. The summed E-state index contributed by atoms with van der Waals surface area (Å²) in [5.74, 6) is 0. The monoisotopic (exact) mass is 394 g/mol. The van der Waals surface area contributed by atoms with Crippen LogP contribution in [0.3, 0.4) is 0 Å². The Labute approximate surface area is 175 Å². The number of fused-ring (bicyclic) bond motifs is 6. The Morgan fingerprint density at radius 3 is 1.24 bits per heavy atom. The van der Waals surface area contributed by atoms with Gasteiger partial charge in [-0.2, -0.15) is 0 Å². The summed E-state index contributed by atoms with van der Waals surface area (Å²) in [5.41, 5.74) is 10.7. The lowest BCUT2D eigenvalue weighted by Crippen LogP contribution is -2.47. The first-order chi connectivity index (χ1) is 13.7. The van der Waals surface area contributed by atoms with Crippen molar-refractivity contribution in [3.05, 3.63) is 35.4 Å². The summed E-state index contributed by atoms with van der Waals surface area (Å²) in [6.07, 6.45) is 0. The molecule has 0 amide bonds. The Bertz CT molecular complexity index is 856. The Morgan fingerprint density at radius 2 is 0.931 bits per heavy atom. The third kappa shape index (κ3) is 3.20. The maximum absolute atomic E-state index is 2.53. The average Bonchev–Trinajstić information content (AvgIpc) is 2.66. The van der Waals surface area contributed by atoms with Crippen molar-refractivity contribution in [3.8, 4) is 0 Å². The summed E-state index contributed by atoms with van der Waals surface area (Å²) in [5, 5.41) is 0. The SMILES string of the molecule is CN(C)c1cc(N(C)C)c2c(c1)N1Cc3c(N(C)C)cc(N(C)C)cc3N(C2)C1. The van der Waals surface area contributed by atoms with E-state index in [2.05, 4.69) is 110 Å². The van der Waals surface area contributed by atoms with Crippen molar-refractivity contribution < 1.29 is 0 Å². The normalized spacial score (nSPS) is 14.3. The van der Waals surface area contributed by atoms with Gasteiger partial charge in [-0.1, -0.05) is 0 Å². The molecule has 2 aliphatic heterocycles. The molecule has 29 heavy (non-hydrogen) atoms. The van der Waals surface area contributed by atoms with Gasteiger partial charge in [0.2, 0.25) is 0 Å². The van der Waals surface area contributed by atoms with Gasteiger partial charge in [0.1, 0.15) is 0 Å². The van der Waals surface area contributed by atoms with Gasteiger partial charge in [0, 0.05) is 115 Å². The number of anilines is 6. The van der Waals surface area contributed by atoms with E-state index < -0.39 is 0 Å². The lowest BCUT2D eigenvalue weighted by atomic mass is 9.97. The predicted octanol–water partition coefficient (Wildman–Crippen LogP) is 3.25. The maximum Gasteiger partial charge on any atom is 0.0910 e. The molecule has 2 aromatic rings. The first kappa shape index (κ1) is 19.6. The van der Waals surface area contributed by atoms with Crippen LogP contribution in [0.15, 0.2) is 24.3 Å². The minimum absolute atomic E-state index is 0.934. The molecule has 0 fully saturated rings. The Morgan fingerprint density at radius 1 is 0.552 bits per heavy atom. The largest absolute Gasteiger partial charge is 0.378 e. The van der Waals surface area contributed by atoms with E-state index in [4.69, 9.17) is 0 Å². The second-order valence-electron chi connectivity index (χ2n) is 9.04. The smallest absolute Gasteiger partial charge is 0.0910 e. The van der Waals surface area contributed by atoms with Crippen LogP contribution in [0.2, 0.25) is 0 Å². The molecule has 4 rings (SSSR count). The van der Waals surface area contributed by atoms with Crippen molar-refractivity contribution in [1.29, 1.82) is 0 Å². The molecule has 0 aliphatic carbocycles. The zero-order chi connectivity index (χ0) is 21.0. The summed E-state index contributed by atoms with van der Waals surface area (Å²) >= 11 is 0. The van der Waals surface area contributed by atoms with Crippen molar-refractivity contribution in [1.82, 2.24) is 0 Å². The molecule has 156 valence electrons. The molecule has 2 aromatic carbocycles. The lowest BCUT2D eigenvalue weighted by Gasteiger charge is -2.47. The first-order valence-corrected chi connectivity index (χ1v) is 10.2. The lowest BCUT2D eigenvalue weighted by molar-refractivity contribution is 0.650. The summed E-state index contributed by atoms with van der Waals surface area (Å²) in [6.45, 7) is 2.81. The Hall–Kier alpha value is -2.76. The number of hydrogen-bond donors (Lipinski definition) is 0.